The van der Waals surface area contributed by atoms with E-state index < -0.39 is 0 Å². The van der Waals surface area contributed by atoms with Gasteiger partial charge in [-0.15, -0.1) is 0 Å². The summed E-state index contributed by atoms with van der Waals surface area (Å²) in [6, 6.07) is 5.99. The highest BCUT2D eigenvalue weighted by Crippen LogP contribution is 2.37. The van der Waals surface area contributed by atoms with E-state index in [9.17, 15) is 5.11 Å². The van der Waals surface area contributed by atoms with Crippen molar-refractivity contribution in [1.29, 1.82) is 0 Å². The Morgan fingerprint density at radius 1 is 1.40 bits per heavy atom. The number of hydrogen-bond donors (Lipinski definition) is 1. The number of hydrogen-bond acceptors (Lipinski definition) is 2. The minimum Gasteiger partial charge on any atom is -0.490 e. The van der Waals surface area contributed by atoms with Crippen molar-refractivity contribution in [2.75, 3.05) is 0 Å². The van der Waals surface area contributed by atoms with Gasteiger partial charge in [-0.1, -0.05) is 25.5 Å². The molecule has 0 radical (unpaired) electrons. The molecule has 2 unspecified atom stereocenters. The minimum atomic E-state index is -0.374. The maximum absolute atomic E-state index is 10.0. The fourth-order valence-corrected chi connectivity index (χ4v) is 2.00. The summed E-state index contributed by atoms with van der Waals surface area (Å²) in [5.74, 6) is 1.28. The van der Waals surface area contributed by atoms with Gasteiger partial charge in [0.05, 0.1) is 6.10 Å². The maximum Gasteiger partial charge on any atom is 0.125 e. The van der Waals surface area contributed by atoms with Gasteiger partial charge in [0, 0.05) is 12.0 Å². The topological polar surface area (TPSA) is 29.5 Å². The van der Waals surface area contributed by atoms with Crippen LogP contribution in [0.4, 0.5) is 0 Å². The zero-order chi connectivity index (χ0) is 11.0. The zero-order valence-corrected chi connectivity index (χ0v) is 9.53. The summed E-state index contributed by atoms with van der Waals surface area (Å²) in [7, 11) is 0. The van der Waals surface area contributed by atoms with Crippen LogP contribution in [0, 0.1) is 12.8 Å². The van der Waals surface area contributed by atoms with Gasteiger partial charge in [0.15, 0.2) is 0 Å². The second-order valence-electron chi connectivity index (χ2n) is 4.69. The van der Waals surface area contributed by atoms with Crippen LogP contribution in [0.2, 0.25) is 0 Å². The minimum absolute atomic E-state index is 0.134. The molecule has 82 valence electrons. The van der Waals surface area contributed by atoms with E-state index >= 15 is 0 Å². The van der Waals surface area contributed by atoms with Gasteiger partial charge in [0.25, 0.3) is 0 Å². The predicted octanol–water partition coefficient (Wildman–Crippen LogP) is 2.84. The largest absolute Gasteiger partial charge is 0.490 e. The van der Waals surface area contributed by atoms with Gasteiger partial charge in [-0.3, -0.25) is 0 Å². The molecule has 0 aliphatic carbocycles. The van der Waals surface area contributed by atoms with Gasteiger partial charge in [-0.2, -0.15) is 0 Å². The molecule has 0 fully saturated rings. The molecular formula is C13H18O2. The highest BCUT2D eigenvalue weighted by atomic mass is 16.5. The van der Waals surface area contributed by atoms with Crippen LogP contribution in [0.3, 0.4) is 0 Å². The van der Waals surface area contributed by atoms with Crippen molar-refractivity contribution in [3.63, 3.8) is 0 Å². The van der Waals surface area contributed by atoms with E-state index in [-0.39, 0.29) is 12.2 Å². The fourth-order valence-electron chi connectivity index (χ4n) is 2.00. The smallest absolute Gasteiger partial charge is 0.125 e. The van der Waals surface area contributed by atoms with E-state index in [1.54, 1.807) is 0 Å². The molecule has 0 spiro atoms. The predicted molar refractivity (Wildman–Crippen MR) is 60.0 cm³/mol. The van der Waals surface area contributed by atoms with Crippen LogP contribution in [0.5, 0.6) is 5.75 Å². The number of aryl methyl sites for hydroxylation is 1. The molecule has 15 heavy (non-hydrogen) atoms. The van der Waals surface area contributed by atoms with Crippen LogP contribution in [0.25, 0.3) is 0 Å². The van der Waals surface area contributed by atoms with Crippen molar-refractivity contribution < 1.29 is 9.84 Å². The van der Waals surface area contributed by atoms with Gasteiger partial charge in [-0.25, -0.2) is 0 Å². The lowest BCUT2D eigenvalue weighted by atomic mass is 9.92. The Labute approximate surface area is 90.9 Å². The second-order valence-corrected chi connectivity index (χ2v) is 4.69. The van der Waals surface area contributed by atoms with E-state index in [2.05, 4.69) is 13.8 Å². The van der Waals surface area contributed by atoms with Crippen LogP contribution in [-0.4, -0.2) is 11.2 Å². The van der Waals surface area contributed by atoms with Gasteiger partial charge in [0.1, 0.15) is 11.9 Å². The van der Waals surface area contributed by atoms with Crippen LogP contribution in [0.15, 0.2) is 18.2 Å². The molecule has 2 heteroatoms. The molecule has 1 N–H and O–H groups in total. The summed E-state index contributed by atoms with van der Waals surface area (Å²) in [4.78, 5) is 0. The lowest BCUT2D eigenvalue weighted by Gasteiger charge is -2.32. The monoisotopic (exact) mass is 206 g/mol. The molecular weight excluding hydrogens is 188 g/mol. The van der Waals surface area contributed by atoms with Crippen molar-refractivity contribution in [3.05, 3.63) is 29.3 Å². The van der Waals surface area contributed by atoms with E-state index in [1.807, 2.05) is 25.1 Å². The van der Waals surface area contributed by atoms with Crippen molar-refractivity contribution in [2.45, 2.75) is 39.4 Å². The number of fused-ring (bicyclic) bond motifs is 1. The molecule has 1 aromatic carbocycles. The number of ether oxygens (including phenoxy) is 1. The van der Waals surface area contributed by atoms with Gasteiger partial charge in [-0.05, 0) is 25.0 Å². The van der Waals surface area contributed by atoms with Crippen LogP contribution < -0.4 is 4.74 Å². The first-order valence-corrected chi connectivity index (χ1v) is 5.53. The van der Waals surface area contributed by atoms with Crippen molar-refractivity contribution >= 4 is 0 Å². The van der Waals surface area contributed by atoms with E-state index in [4.69, 9.17) is 4.74 Å². The standard InChI is InChI=1S/C13H18O2/c1-8(2)13-7-11(14)10-6-9(3)4-5-12(10)15-13/h4-6,8,11,13-14H,7H2,1-3H3. The number of benzene rings is 1. The van der Waals surface area contributed by atoms with Crippen molar-refractivity contribution in [2.24, 2.45) is 5.92 Å². The molecule has 0 saturated carbocycles. The molecule has 1 heterocycles. The highest BCUT2D eigenvalue weighted by Gasteiger charge is 2.28. The first-order valence-electron chi connectivity index (χ1n) is 5.53. The third-order valence-electron chi connectivity index (χ3n) is 3.00. The van der Waals surface area contributed by atoms with E-state index in [0.717, 1.165) is 11.3 Å². The summed E-state index contributed by atoms with van der Waals surface area (Å²) < 4.78 is 5.86. The number of rotatable bonds is 1. The Kier molecular flexibility index (Phi) is 2.70. The highest BCUT2D eigenvalue weighted by molar-refractivity contribution is 5.40. The lowest BCUT2D eigenvalue weighted by molar-refractivity contribution is 0.0426. The average molecular weight is 206 g/mol. The maximum atomic E-state index is 10.0. The van der Waals surface area contributed by atoms with Crippen molar-refractivity contribution in [3.8, 4) is 5.75 Å². The SMILES string of the molecule is Cc1ccc2c(c1)C(O)CC(C(C)C)O2. The van der Waals surface area contributed by atoms with Gasteiger partial charge >= 0.3 is 0 Å². The third-order valence-corrected chi connectivity index (χ3v) is 3.00. The molecule has 0 saturated heterocycles. The fraction of sp³-hybridized carbons (Fsp3) is 0.538. The summed E-state index contributed by atoms with van der Waals surface area (Å²) in [6.45, 7) is 6.27. The first-order chi connectivity index (χ1) is 7.08. The van der Waals surface area contributed by atoms with Gasteiger partial charge < -0.3 is 9.84 Å². The molecule has 0 aromatic heterocycles. The summed E-state index contributed by atoms with van der Waals surface area (Å²) >= 11 is 0. The Morgan fingerprint density at radius 2 is 2.13 bits per heavy atom. The van der Waals surface area contributed by atoms with Crippen LogP contribution in [0.1, 0.15) is 37.5 Å². The molecule has 0 amide bonds. The van der Waals surface area contributed by atoms with Crippen molar-refractivity contribution in [1.82, 2.24) is 0 Å². The number of aliphatic hydroxyl groups excluding tert-OH is 1. The Hall–Kier alpha value is -1.02. The average Bonchev–Trinajstić information content (AvgIpc) is 2.18. The molecule has 0 bridgehead atoms. The van der Waals surface area contributed by atoms with E-state index in [1.165, 1.54) is 5.56 Å². The molecule has 2 nitrogen and oxygen atoms in total. The summed E-state index contributed by atoms with van der Waals surface area (Å²) in [5.41, 5.74) is 2.10. The summed E-state index contributed by atoms with van der Waals surface area (Å²) in [6.07, 6.45) is 0.463. The van der Waals surface area contributed by atoms with Gasteiger partial charge in [0.2, 0.25) is 0 Å². The molecule has 1 aliphatic heterocycles. The van der Waals surface area contributed by atoms with Crippen LogP contribution >= 0.6 is 0 Å². The Morgan fingerprint density at radius 3 is 2.80 bits per heavy atom. The first kappa shape index (κ1) is 10.5. The molecule has 2 rings (SSSR count). The third kappa shape index (κ3) is 2.00. The quantitative estimate of drug-likeness (QED) is 0.765. The second kappa shape index (κ2) is 3.86. The summed E-state index contributed by atoms with van der Waals surface area (Å²) in [5, 5.41) is 10.0. The Bertz CT molecular complexity index is 358. The Balaban J connectivity index is 2.32. The normalized spacial score (nSPS) is 24.9. The molecule has 1 aliphatic rings. The molecule has 1 aromatic rings. The number of aliphatic hydroxyl groups is 1. The van der Waals surface area contributed by atoms with E-state index in [0.29, 0.717) is 12.3 Å². The zero-order valence-electron chi connectivity index (χ0n) is 9.53. The lowest BCUT2D eigenvalue weighted by Crippen LogP contribution is -2.30. The molecule has 2 atom stereocenters. The van der Waals surface area contributed by atoms with Crippen LogP contribution in [-0.2, 0) is 0 Å².